The molecular formula is C26H30O8. The Balaban J connectivity index is 2.41. The lowest BCUT2D eigenvalue weighted by Crippen LogP contribution is -2.48. The first-order valence-electron chi connectivity index (χ1n) is 11.2. The second kappa shape index (κ2) is 13.1. The molecule has 0 saturated carbocycles. The van der Waals surface area contributed by atoms with Crippen molar-refractivity contribution in [1.82, 2.24) is 0 Å². The minimum Gasteiger partial charge on any atom is -0.460 e. The van der Waals surface area contributed by atoms with Gasteiger partial charge in [0, 0.05) is 0 Å². The third-order valence-electron chi connectivity index (χ3n) is 5.01. The van der Waals surface area contributed by atoms with Crippen molar-refractivity contribution < 1.29 is 38.1 Å². The molecule has 182 valence electrons. The van der Waals surface area contributed by atoms with Gasteiger partial charge >= 0.3 is 23.9 Å². The van der Waals surface area contributed by atoms with Crippen LogP contribution < -0.4 is 0 Å². The molecular weight excluding hydrogens is 440 g/mol. The molecule has 4 atom stereocenters. The fourth-order valence-electron chi connectivity index (χ4n) is 2.68. The summed E-state index contributed by atoms with van der Waals surface area (Å²) in [6.45, 7) is 6.90. The van der Waals surface area contributed by atoms with E-state index in [1.54, 1.807) is 64.1 Å². The maximum absolute atomic E-state index is 13.0. The van der Waals surface area contributed by atoms with Gasteiger partial charge in [-0.1, -0.05) is 50.2 Å². The number of carbonyl (C=O) groups is 4. The molecule has 0 spiro atoms. The van der Waals surface area contributed by atoms with Crippen LogP contribution in [0.15, 0.2) is 60.7 Å². The van der Waals surface area contributed by atoms with Gasteiger partial charge in [-0.3, -0.25) is 0 Å². The lowest BCUT2D eigenvalue weighted by atomic mass is 10.1. The van der Waals surface area contributed by atoms with Crippen LogP contribution in [-0.2, 0) is 28.5 Å². The predicted molar refractivity (Wildman–Crippen MR) is 123 cm³/mol. The van der Waals surface area contributed by atoms with Crippen LogP contribution in [-0.4, -0.2) is 48.3 Å². The van der Waals surface area contributed by atoms with Crippen LogP contribution >= 0.6 is 0 Å². The van der Waals surface area contributed by atoms with Crippen LogP contribution in [0.4, 0.5) is 0 Å². The first kappa shape index (κ1) is 26.6. The van der Waals surface area contributed by atoms with Gasteiger partial charge < -0.3 is 18.9 Å². The monoisotopic (exact) mass is 470 g/mol. The number of benzene rings is 2. The van der Waals surface area contributed by atoms with Crippen molar-refractivity contribution in [2.24, 2.45) is 0 Å². The van der Waals surface area contributed by atoms with E-state index in [0.717, 1.165) is 0 Å². The van der Waals surface area contributed by atoms with Crippen molar-refractivity contribution in [1.29, 1.82) is 0 Å². The maximum atomic E-state index is 13.0. The average Bonchev–Trinajstić information content (AvgIpc) is 2.86. The summed E-state index contributed by atoms with van der Waals surface area (Å²) in [5, 5.41) is 0. The average molecular weight is 471 g/mol. The molecule has 0 aliphatic rings. The SMILES string of the molecule is CCC(C)OC(=O)C(OC(=O)c1ccccc1)C(OC(=O)c1ccccc1)C(=O)OC(C)CC. The third kappa shape index (κ3) is 7.72. The van der Waals surface area contributed by atoms with E-state index in [9.17, 15) is 19.2 Å². The van der Waals surface area contributed by atoms with Crippen molar-refractivity contribution >= 4 is 23.9 Å². The Morgan fingerprint density at radius 1 is 0.588 bits per heavy atom. The summed E-state index contributed by atoms with van der Waals surface area (Å²) in [5.74, 6) is -3.82. The quantitative estimate of drug-likeness (QED) is 0.357. The molecule has 2 rings (SSSR count). The van der Waals surface area contributed by atoms with E-state index < -0.39 is 48.3 Å². The fourth-order valence-corrected chi connectivity index (χ4v) is 2.68. The molecule has 0 aliphatic heterocycles. The summed E-state index contributed by atoms with van der Waals surface area (Å²) in [5.41, 5.74) is 0.291. The van der Waals surface area contributed by atoms with Crippen LogP contribution in [0, 0.1) is 0 Å². The second-order valence-corrected chi connectivity index (χ2v) is 7.70. The summed E-state index contributed by atoms with van der Waals surface area (Å²) in [4.78, 5) is 51.5. The Kier molecular flexibility index (Phi) is 10.3. The van der Waals surface area contributed by atoms with Crippen molar-refractivity contribution in [2.75, 3.05) is 0 Å². The number of esters is 4. The topological polar surface area (TPSA) is 105 Å². The molecule has 0 N–H and O–H groups in total. The summed E-state index contributed by atoms with van der Waals surface area (Å²) in [7, 11) is 0. The highest BCUT2D eigenvalue weighted by molar-refractivity contribution is 5.96. The molecule has 2 aromatic rings. The minimum atomic E-state index is -1.87. The van der Waals surface area contributed by atoms with E-state index >= 15 is 0 Å². The molecule has 0 amide bonds. The van der Waals surface area contributed by atoms with Gasteiger partial charge in [-0.15, -0.1) is 0 Å². The summed E-state index contributed by atoms with van der Waals surface area (Å²) < 4.78 is 21.4. The van der Waals surface area contributed by atoms with Crippen molar-refractivity contribution in [3.63, 3.8) is 0 Å². The van der Waals surface area contributed by atoms with Crippen LogP contribution in [0.1, 0.15) is 61.3 Å². The molecule has 0 bridgehead atoms. The molecule has 0 saturated heterocycles. The smallest absolute Gasteiger partial charge is 0.352 e. The van der Waals surface area contributed by atoms with Gasteiger partial charge in [0.05, 0.1) is 23.3 Å². The first-order chi connectivity index (χ1) is 16.3. The molecule has 8 nitrogen and oxygen atoms in total. The van der Waals surface area contributed by atoms with E-state index in [2.05, 4.69) is 0 Å². The lowest BCUT2D eigenvalue weighted by Gasteiger charge is -2.26. The van der Waals surface area contributed by atoms with Gasteiger partial charge in [-0.25, -0.2) is 19.2 Å². The van der Waals surface area contributed by atoms with Gasteiger partial charge in [-0.2, -0.15) is 0 Å². The van der Waals surface area contributed by atoms with Crippen LogP contribution in [0.5, 0.6) is 0 Å². The molecule has 4 unspecified atom stereocenters. The Hall–Kier alpha value is -3.68. The minimum absolute atomic E-state index is 0.146. The Morgan fingerprint density at radius 2 is 0.912 bits per heavy atom. The zero-order valence-electron chi connectivity index (χ0n) is 19.8. The van der Waals surface area contributed by atoms with Crippen molar-refractivity contribution in [3.8, 4) is 0 Å². The zero-order valence-corrected chi connectivity index (χ0v) is 19.8. The van der Waals surface area contributed by atoms with Gasteiger partial charge in [0.25, 0.3) is 0 Å². The molecule has 2 aromatic carbocycles. The number of hydrogen-bond donors (Lipinski definition) is 0. The largest absolute Gasteiger partial charge is 0.460 e. The second-order valence-electron chi connectivity index (χ2n) is 7.70. The maximum Gasteiger partial charge on any atom is 0.352 e. The standard InChI is InChI=1S/C26H30O8/c1-5-17(3)31-25(29)21(33-23(27)19-13-9-7-10-14-19)22(26(30)32-18(4)6-2)34-24(28)20-15-11-8-12-16-20/h7-18,21-22H,5-6H2,1-4H3. The Morgan fingerprint density at radius 3 is 1.21 bits per heavy atom. The lowest BCUT2D eigenvalue weighted by molar-refractivity contribution is -0.179. The summed E-state index contributed by atoms with van der Waals surface area (Å²) in [6.07, 6.45) is -3.83. The molecule has 0 heterocycles. The van der Waals surface area contributed by atoms with E-state index in [0.29, 0.717) is 12.8 Å². The third-order valence-corrected chi connectivity index (χ3v) is 5.01. The number of ether oxygens (including phenoxy) is 4. The first-order valence-corrected chi connectivity index (χ1v) is 11.2. The number of rotatable bonds is 11. The van der Waals surface area contributed by atoms with Gasteiger partial charge in [0.1, 0.15) is 0 Å². The highest BCUT2D eigenvalue weighted by atomic mass is 16.6. The van der Waals surface area contributed by atoms with Crippen LogP contribution in [0.25, 0.3) is 0 Å². The van der Waals surface area contributed by atoms with Gasteiger partial charge in [0.2, 0.25) is 12.2 Å². The van der Waals surface area contributed by atoms with Crippen LogP contribution in [0.3, 0.4) is 0 Å². The molecule has 0 aromatic heterocycles. The van der Waals surface area contributed by atoms with E-state index in [1.165, 1.54) is 24.3 Å². The Bertz CT molecular complexity index is 878. The molecule has 8 heteroatoms. The summed E-state index contributed by atoms with van der Waals surface area (Å²) in [6, 6.07) is 15.8. The zero-order chi connectivity index (χ0) is 25.1. The van der Waals surface area contributed by atoms with Crippen LogP contribution in [0.2, 0.25) is 0 Å². The van der Waals surface area contributed by atoms with Gasteiger partial charge in [-0.05, 0) is 51.0 Å². The van der Waals surface area contributed by atoms with Crippen molar-refractivity contribution in [3.05, 3.63) is 71.8 Å². The number of carbonyl (C=O) groups excluding carboxylic acids is 4. The predicted octanol–water partition coefficient (Wildman–Crippen LogP) is 4.12. The molecule has 34 heavy (non-hydrogen) atoms. The highest BCUT2D eigenvalue weighted by Gasteiger charge is 2.44. The van der Waals surface area contributed by atoms with E-state index in [-0.39, 0.29) is 11.1 Å². The van der Waals surface area contributed by atoms with Crippen molar-refractivity contribution in [2.45, 2.75) is 65.0 Å². The summed E-state index contributed by atoms with van der Waals surface area (Å²) >= 11 is 0. The highest BCUT2D eigenvalue weighted by Crippen LogP contribution is 2.17. The normalized spacial score (nSPS) is 14.1. The molecule has 0 aliphatic carbocycles. The fraction of sp³-hybridized carbons (Fsp3) is 0.385. The molecule has 0 fully saturated rings. The number of hydrogen-bond acceptors (Lipinski definition) is 8. The Labute approximate surface area is 199 Å². The van der Waals surface area contributed by atoms with E-state index in [1.807, 2.05) is 0 Å². The van der Waals surface area contributed by atoms with Gasteiger partial charge in [0.15, 0.2) is 0 Å². The van der Waals surface area contributed by atoms with E-state index in [4.69, 9.17) is 18.9 Å². The molecule has 0 radical (unpaired) electrons.